The molecule has 3 N–H and O–H groups in total. The zero-order valence-corrected chi connectivity index (χ0v) is 13.9. The first-order valence-electron chi connectivity index (χ1n) is 7.55. The Hall–Kier alpha value is -1.37. The van der Waals surface area contributed by atoms with Gasteiger partial charge in [0.2, 0.25) is 0 Å². The summed E-state index contributed by atoms with van der Waals surface area (Å²) in [4.78, 5) is 13.8. The normalized spacial score (nSPS) is 16.6. The SMILES string of the molecule is O=C(NCc1ccc([C@@H](O)c2ccsc2)s1)NC1CCCC1. The Morgan fingerprint density at radius 3 is 2.86 bits per heavy atom. The summed E-state index contributed by atoms with van der Waals surface area (Å²) in [5.41, 5.74) is 0.922. The lowest BCUT2D eigenvalue weighted by molar-refractivity contribution is 0.224. The first-order chi connectivity index (χ1) is 10.7. The number of aliphatic hydroxyl groups excluding tert-OH is 1. The average molecular weight is 336 g/mol. The molecule has 1 atom stereocenters. The number of urea groups is 1. The van der Waals surface area contributed by atoms with Crippen molar-refractivity contribution < 1.29 is 9.90 Å². The van der Waals surface area contributed by atoms with Crippen LogP contribution in [0, 0.1) is 0 Å². The zero-order chi connectivity index (χ0) is 15.4. The van der Waals surface area contributed by atoms with E-state index in [9.17, 15) is 9.90 Å². The van der Waals surface area contributed by atoms with Crippen molar-refractivity contribution >= 4 is 28.7 Å². The van der Waals surface area contributed by atoms with Crippen LogP contribution >= 0.6 is 22.7 Å². The van der Waals surface area contributed by atoms with Crippen LogP contribution in [-0.4, -0.2) is 17.2 Å². The molecular weight excluding hydrogens is 316 g/mol. The van der Waals surface area contributed by atoms with Gasteiger partial charge in [0.1, 0.15) is 6.10 Å². The van der Waals surface area contributed by atoms with Crippen LogP contribution in [0.25, 0.3) is 0 Å². The van der Waals surface area contributed by atoms with E-state index in [1.807, 2.05) is 29.0 Å². The minimum atomic E-state index is -0.572. The minimum absolute atomic E-state index is 0.0970. The van der Waals surface area contributed by atoms with Crippen LogP contribution in [0.1, 0.15) is 47.1 Å². The zero-order valence-electron chi connectivity index (χ0n) is 12.2. The number of nitrogens with one attached hydrogen (secondary N) is 2. The van der Waals surface area contributed by atoms with Crippen LogP contribution in [0.4, 0.5) is 4.79 Å². The highest BCUT2D eigenvalue weighted by Gasteiger charge is 2.17. The second kappa shape index (κ2) is 7.26. The van der Waals surface area contributed by atoms with E-state index in [4.69, 9.17) is 0 Å². The van der Waals surface area contributed by atoms with Crippen molar-refractivity contribution in [2.24, 2.45) is 0 Å². The lowest BCUT2D eigenvalue weighted by Gasteiger charge is -2.12. The Kier molecular flexibility index (Phi) is 5.12. The van der Waals surface area contributed by atoms with Crippen LogP contribution in [0.5, 0.6) is 0 Å². The Bertz CT molecular complexity index is 603. The van der Waals surface area contributed by atoms with Gasteiger partial charge in [0.25, 0.3) is 0 Å². The molecule has 4 nitrogen and oxygen atoms in total. The van der Waals surface area contributed by atoms with Crippen molar-refractivity contribution in [1.82, 2.24) is 10.6 Å². The summed E-state index contributed by atoms with van der Waals surface area (Å²) in [6.07, 6.45) is 4.02. The lowest BCUT2D eigenvalue weighted by atomic mass is 10.2. The number of carbonyl (C=O) groups is 1. The summed E-state index contributed by atoms with van der Waals surface area (Å²) in [6, 6.07) is 6.06. The molecular formula is C16H20N2O2S2. The van der Waals surface area contributed by atoms with Gasteiger partial charge in [-0.3, -0.25) is 0 Å². The van der Waals surface area contributed by atoms with Gasteiger partial charge in [0.05, 0.1) is 6.54 Å². The molecule has 2 heterocycles. The molecule has 0 aromatic carbocycles. The van der Waals surface area contributed by atoms with Crippen molar-refractivity contribution in [1.29, 1.82) is 0 Å². The molecule has 0 saturated heterocycles. The van der Waals surface area contributed by atoms with Gasteiger partial charge in [-0.2, -0.15) is 11.3 Å². The van der Waals surface area contributed by atoms with Gasteiger partial charge in [-0.05, 0) is 47.4 Å². The Morgan fingerprint density at radius 2 is 2.14 bits per heavy atom. The van der Waals surface area contributed by atoms with E-state index in [1.165, 1.54) is 24.2 Å². The predicted octanol–water partition coefficient (Wildman–Crippen LogP) is 3.63. The molecule has 0 bridgehead atoms. The molecule has 2 aromatic rings. The monoisotopic (exact) mass is 336 g/mol. The third kappa shape index (κ3) is 3.88. The second-order valence-corrected chi connectivity index (χ2v) is 7.55. The van der Waals surface area contributed by atoms with E-state index in [2.05, 4.69) is 10.6 Å². The van der Waals surface area contributed by atoms with Gasteiger partial charge in [0, 0.05) is 15.8 Å². The molecule has 3 rings (SSSR count). The largest absolute Gasteiger partial charge is 0.383 e. The molecule has 2 aromatic heterocycles. The number of carbonyl (C=O) groups excluding carboxylic acids is 1. The first kappa shape index (κ1) is 15.5. The van der Waals surface area contributed by atoms with E-state index in [1.54, 1.807) is 11.3 Å². The molecule has 2 amide bonds. The number of rotatable bonds is 5. The molecule has 1 saturated carbocycles. The molecule has 0 spiro atoms. The second-order valence-electron chi connectivity index (χ2n) is 5.57. The molecule has 1 fully saturated rings. The average Bonchev–Trinajstić information content (AvgIpc) is 3.26. The molecule has 1 aliphatic carbocycles. The van der Waals surface area contributed by atoms with E-state index in [0.717, 1.165) is 28.2 Å². The van der Waals surface area contributed by atoms with Gasteiger partial charge in [-0.15, -0.1) is 11.3 Å². The highest BCUT2D eigenvalue weighted by molar-refractivity contribution is 7.12. The lowest BCUT2D eigenvalue weighted by Crippen LogP contribution is -2.40. The number of thiophene rings is 2. The van der Waals surface area contributed by atoms with Gasteiger partial charge < -0.3 is 15.7 Å². The van der Waals surface area contributed by atoms with Gasteiger partial charge in [0.15, 0.2) is 0 Å². The third-order valence-electron chi connectivity index (χ3n) is 3.92. The van der Waals surface area contributed by atoms with Crippen LogP contribution < -0.4 is 10.6 Å². The number of hydrogen-bond donors (Lipinski definition) is 3. The van der Waals surface area contributed by atoms with Gasteiger partial charge in [-0.1, -0.05) is 12.8 Å². The standard InChI is InChI=1S/C16H20N2O2S2/c19-15(11-7-8-21-10-11)14-6-5-13(22-14)9-17-16(20)18-12-3-1-2-4-12/h5-8,10,12,15,19H,1-4,9H2,(H2,17,18,20)/t15-/m0/s1. The van der Waals surface area contributed by atoms with E-state index >= 15 is 0 Å². The van der Waals surface area contributed by atoms with Crippen LogP contribution in [-0.2, 0) is 6.54 Å². The number of hydrogen-bond acceptors (Lipinski definition) is 4. The fourth-order valence-corrected chi connectivity index (χ4v) is 4.35. The summed E-state index contributed by atoms with van der Waals surface area (Å²) in [5, 5.41) is 20.1. The Labute approximate surface area is 138 Å². The van der Waals surface area contributed by atoms with Crippen molar-refractivity contribution in [3.05, 3.63) is 44.3 Å². The quantitative estimate of drug-likeness (QED) is 0.781. The highest BCUT2D eigenvalue weighted by atomic mass is 32.1. The first-order valence-corrected chi connectivity index (χ1v) is 9.31. The van der Waals surface area contributed by atoms with Crippen molar-refractivity contribution in [2.75, 3.05) is 0 Å². The van der Waals surface area contributed by atoms with Crippen molar-refractivity contribution in [3.63, 3.8) is 0 Å². The van der Waals surface area contributed by atoms with Crippen LogP contribution in [0.15, 0.2) is 29.0 Å². The summed E-state index contributed by atoms with van der Waals surface area (Å²) in [5.74, 6) is 0. The topological polar surface area (TPSA) is 61.4 Å². The van der Waals surface area contributed by atoms with E-state index in [-0.39, 0.29) is 6.03 Å². The fourth-order valence-electron chi connectivity index (χ4n) is 2.71. The highest BCUT2D eigenvalue weighted by Crippen LogP contribution is 2.29. The number of amides is 2. The van der Waals surface area contributed by atoms with E-state index in [0.29, 0.717) is 12.6 Å². The van der Waals surface area contributed by atoms with Crippen LogP contribution in [0.2, 0.25) is 0 Å². The third-order valence-corrected chi connectivity index (χ3v) is 5.76. The Balaban J connectivity index is 1.50. The molecule has 1 aliphatic rings. The van der Waals surface area contributed by atoms with Gasteiger partial charge >= 0.3 is 6.03 Å². The molecule has 118 valence electrons. The molecule has 0 aliphatic heterocycles. The Morgan fingerprint density at radius 1 is 1.32 bits per heavy atom. The maximum atomic E-state index is 11.8. The maximum absolute atomic E-state index is 11.8. The van der Waals surface area contributed by atoms with Crippen molar-refractivity contribution in [3.8, 4) is 0 Å². The van der Waals surface area contributed by atoms with Gasteiger partial charge in [-0.25, -0.2) is 4.79 Å². The summed E-state index contributed by atoms with van der Waals surface area (Å²) in [7, 11) is 0. The van der Waals surface area contributed by atoms with Crippen molar-refractivity contribution in [2.45, 2.75) is 44.4 Å². The summed E-state index contributed by atoms with van der Waals surface area (Å²) in [6.45, 7) is 0.500. The minimum Gasteiger partial charge on any atom is -0.383 e. The fraction of sp³-hybridized carbons (Fsp3) is 0.438. The van der Waals surface area contributed by atoms with E-state index < -0.39 is 6.10 Å². The summed E-state index contributed by atoms with van der Waals surface area (Å²) < 4.78 is 0. The molecule has 22 heavy (non-hydrogen) atoms. The number of aliphatic hydroxyl groups is 1. The molecule has 0 unspecified atom stereocenters. The predicted molar refractivity (Wildman–Crippen MR) is 90.3 cm³/mol. The summed E-state index contributed by atoms with van der Waals surface area (Å²) >= 11 is 3.11. The molecule has 0 radical (unpaired) electrons. The smallest absolute Gasteiger partial charge is 0.315 e. The molecule has 6 heteroatoms. The van der Waals surface area contributed by atoms with Crippen LogP contribution in [0.3, 0.4) is 0 Å². The maximum Gasteiger partial charge on any atom is 0.315 e.